The monoisotopic (exact) mass is 427 g/mol. The van der Waals surface area contributed by atoms with E-state index in [1.165, 1.54) is 5.56 Å². The molecule has 4 rings (SSSR count). The third-order valence-corrected chi connectivity index (χ3v) is 5.49. The minimum atomic E-state index is -0.0844. The van der Waals surface area contributed by atoms with Gasteiger partial charge in [0, 0.05) is 12.1 Å². The zero-order chi connectivity index (χ0) is 22.3. The number of aryl methyl sites for hydroxylation is 3. The van der Waals surface area contributed by atoms with E-state index in [4.69, 9.17) is 9.72 Å². The number of para-hydroxylation sites is 2. The van der Waals surface area contributed by atoms with E-state index in [2.05, 4.69) is 35.0 Å². The van der Waals surface area contributed by atoms with Crippen LogP contribution in [0.3, 0.4) is 0 Å². The van der Waals surface area contributed by atoms with E-state index >= 15 is 0 Å². The Kier molecular flexibility index (Phi) is 6.85. The summed E-state index contributed by atoms with van der Waals surface area (Å²) < 4.78 is 8.06. The van der Waals surface area contributed by atoms with Crippen LogP contribution in [0, 0.1) is 13.8 Å². The number of carbonyl (C=O) groups is 1. The van der Waals surface area contributed by atoms with Crippen LogP contribution in [-0.2, 0) is 13.1 Å². The highest BCUT2D eigenvalue weighted by Crippen LogP contribution is 2.18. The summed E-state index contributed by atoms with van der Waals surface area (Å²) in [5.41, 5.74) is 5.00. The molecule has 1 amide bonds. The molecule has 5 heteroatoms. The first kappa shape index (κ1) is 21.6. The summed E-state index contributed by atoms with van der Waals surface area (Å²) in [4.78, 5) is 17.4. The van der Waals surface area contributed by atoms with Gasteiger partial charge in [0.05, 0.1) is 24.2 Å². The van der Waals surface area contributed by atoms with Gasteiger partial charge in [0.1, 0.15) is 11.6 Å². The van der Waals surface area contributed by atoms with Gasteiger partial charge in [0.25, 0.3) is 5.91 Å². The Balaban J connectivity index is 1.37. The molecule has 0 radical (unpaired) electrons. The van der Waals surface area contributed by atoms with Gasteiger partial charge < -0.3 is 14.6 Å². The molecule has 0 saturated carbocycles. The number of amides is 1. The summed E-state index contributed by atoms with van der Waals surface area (Å²) in [5.74, 6) is 1.69. The minimum Gasteiger partial charge on any atom is -0.494 e. The topological polar surface area (TPSA) is 56.1 Å². The lowest BCUT2D eigenvalue weighted by Gasteiger charge is -2.11. The van der Waals surface area contributed by atoms with E-state index in [0.717, 1.165) is 47.6 Å². The first-order valence-corrected chi connectivity index (χ1v) is 11.1. The van der Waals surface area contributed by atoms with Gasteiger partial charge in [-0.05, 0) is 63.1 Å². The van der Waals surface area contributed by atoms with Crippen LogP contribution in [0.5, 0.6) is 5.75 Å². The van der Waals surface area contributed by atoms with Crippen LogP contribution in [0.2, 0.25) is 0 Å². The van der Waals surface area contributed by atoms with E-state index in [9.17, 15) is 4.79 Å². The molecule has 32 heavy (non-hydrogen) atoms. The molecule has 0 fully saturated rings. The predicted octanol–water partition coefficient (Wildman–Crippen LogP) is 5.44. The standard InChI is InChI=1S/C27H29N3O2/c1-20-12-14-23(15-13-20)32-17-6-5-16-30-25-11-4-3-10-24(25)29-26(30)19-28-27(31)22-9-7-8-21(2)18-22/h3-4,7-15,18H,5-6,16-17,19H2,1-2H3,(H,28,31). The maximum Gasteiger partial charge on any atom is 0.251 e. The molecule has 1 N–H and O–H groups in total. The molecule has 0 spiro atoms. The van der Waals surface area contributed by atoms with Gasteiger partial charge in [0.15, 0.2) is 0 Å². The molecule has 4 aromatic rings. The second-order valence-corrected chi connectivity index (χ2v) is 8.09. The van der Waals surface area contributed by atoms with Crippen LogP contribution in [0.15, 0.2) is 72.8 Å². The number of ether oxygens (including phenoxy) is 1. The number of imidazole rings is 1. The third-order valence-electron chi connectivity index (χ3n) is 5.49. The highest BCUT2D eigenvalue weighted by Gasteiger charge is 2.12. The van der Waals surface area contributed by atoms with Gasteiger partial charge in [0.2, 0.25) is 0 Å². The van der Waals surface area contributed by atoms with Crippen molar-refractivity contribution in [2.24, 2.45) is 0 Å². The summed E-state index contributed by atoms with van der Waals surface area (Å²) in [6, 6.07) is 23.9. The molecule has 0 aliphatic heterocycles. The Morgan fingerprint density at radius 1 is 0.938 bits per heavy atom. The predicted molar refractivity (Wildman–Crippen MR) is 128 cm³/mol. The third kappa shape index (κ3) is 5.35. The van der Waals surface area contributed by atoms with E-state index in [0.29, 0.717) is 18.7 Å². The molecule has 0 aliphatic rings. The molecule has 5 nitrogen and oxygen atoms in total. The van der Waals surface area contributed by atoms with Crippen molar-refractivity contribution in [2.45, 2.75) is 39.8 Å². The number of nitrogens with zero attached hydrogens (tertiary/aromatic N) is 2. The highest BCUT2D eigenvalue weighted by molar-refractivity contribution is 5.94. The molecule has 0 bridgehead atoms. The molecule has 3 aromatic carbocycles. The number of benzene rings is 3. The Hall–Kier alpha value is -3.60. The lowest BCUT2D eigenvalue weighted by atomic mass is 10.1. The summed E-state index contributed by atoms with van der Waals surface area (Å²) in [6.45, 7) is 5.95. The zero-order valence-corrected chi connectivity index (χ0v) is 18.7. The second kappa shape index (κ2) is 10.1. The van der Waals surface area contributed by atoms with Crippen LogP contribution in [-0.4, -0.2) is 22.1 Å². The molecule has 1 heterocycles. The average molecular weight is 428 g/mol. The normalized spacial score (nSPS) is 10.9. The molecular weight excluding hydrogens is 398 g/mol. The number of rotatable bonds is 9. The number of hydrogen-bond donors (Lipinski definition) is 1. The smallest absolute Gasteiger partial charge is 0.251 e. The van der Waals surface area contributed by atoms with Crippen molar-refractivity contribution in [3.8, 4) is 5.75 Å². The summed E-state index contributed by atoms with van der Waals surface area (Å²) in [6.07, 6.45) is 1.90. The molecule has 0 aliphatic carbocycles. The Labute approximate surface area is 189 Å². The lowest BCUT2D eigenvalue weighted by Crippen LogP contribution is -2.25. The van der Waals surface area contributed by atoms with Gasteiger partial charge >= 0.3 is 0 Å². The number of unbranched alkanes of at least 4 members (excludes halogenated alkanes) is 1. The largest absolute Gasteiger partial charge is 0.494 e. The van der Waals surface area contributed by atoms with E-state index in [-0.39, 0.29) is 5.91 Å². The Morgan fingerprint density at radius 2 is 1.75 bits per heavy atom. The van der Waals surface area contributed by atoms with Crippen LogP contribution in [0.4, 0.5) is 0 Å². The van der Waals surface area contributed by atoms with E-state index < -0.39 is 0 Å². The maximum atomic E-state index is 12.6. The van der Waals surface area contributed by atoms with Gasteiger partial charge in [-0.15, -0.1) is 0 Å². The second-order valence-electron chi connectivity index (χ2n) is 8.09. The Bertz CT molecular complexity index is 1200. The van der Waals surface area contributed by atoms with Crippen molar-refractivity contribution >= 4 is 16.9 Å². The fourth-order valence-corrected chi connectivity index (χ4v) is 3.75. The van der Waals surface area contributed by atoms with Crippen LogP contribution in [0.25, 0.3) is 11.0 Å². The SMILES string of the molecule is Cc1ccc(OCCCCn2c(CNC(=O)c3cccc(C)c3)nc3ccccc32)cc1. The number of fused-ring (bicyclic) bond motifs is 1. The fourth-order valence-electron chi connectivity index (χ4n) is 3.75. The van der Waals surface area contributed by atoms with Crippen molar-refractivity contribution in [1.29, 1.82) is 0 Å². The first-order chi connectivity index (χ1) is 15.6. The molecule has 164 valence electrons. The van der Waals surface area contributed by atoms with Gasteiger partial charge in [-0.1, -0.05) is 47.5 Å². The molecule has 0 atom stereocenters. The quantitative estimate of drug-likeness (QED) is 0.362. The van der Waals surface area contributed by atoms with Crippen LogP contribution >= 0.6 is 0 Å². The average Bonchev–Trinajstić information content (AvgIpc) is 3.16. The molecule has 0 saturated heterocycles. The number of carbonyl (C=O) groups excluding carboxylic acids is 1. The van der Waals surface area contributed by atoms with Crippen molar-refractivity contribution in [2.75, 3.05) is 6.61 Å². The lowest BCUT2D eigenvalue weighted by molar-refractivity contribution is 0.0949. The fraction of sp³-hybridized carbons (Fsp3) is 0.259. The highest BCUT2D eigenvalue weighted by atomic mass is 16.5. The van der Waals surface area contributed by atoms with Crippen molar-refractivity contribution in [3.63, 3.8) is 0 Å². The van der Waals surface area contributed by atoms with Gasteiger partial charge in [-0.2, -0.15) is 0 Å². The van der Waals surface area contributed by atoms with Crippen molar-refractivity contribution in [1.82, 2.24) is 14.9 Å². The molecular formula is C27H29N3O2. The molecule has 0 unspecified atom stereocenters. The maximum absolute atomic E-state index is 12.6. The van der Waals surface area contributed by atoms with E-state index in [1.54, 1.807) is 0 Å². The number of hydrogen-bond acceptors (Lipinski definition) is 3. The Morgan fingerprint density at radius 3 is 2.56 bits per heavy atom. The summed E-state index contributed by atoms with van der Waals surface area (Å²) in [5, 5.41) is 3.02. The van der Waals surface area contributed by atoms with Gasteiger partial charge in [-0.25, -0.2) is 4.98 Å². The number of nitrogens with one attached hydrogen (secondary N) is 1. The summed E-state index contributed by atoms with van der Waals surface area (Å²) in [7, 11) is 0. The first-order valence-electron chi connectivity index (χ1n) is 11.1. The minimum absolute atomic E-state index is 0.0844. The molecule has 1 aromatic heterocycles. The van der Waals surface area contributed by atoms with Crippen molar-refractivity contribution < 1.29 is 9.53 Å². The van der Waals surface area contributed by atoms with Crippen LogP contribution < -0.4 is 10.1 Å². The van der Waals surface area contributed by atoms with E-state index in [1.807, 2.05) is 61.5 Å². The number of aromatic nitrogens is 2. The van der Waals surface area contributed by atoms with Crippen molar-refractivity contribution in [3.05, 3.63) is 95.3 Å². The zero-order valence-electron chi connectivity index (χ0n) is 18.7. The van der Waals surface area contributed by atoms with Gasteiger partial charge in [-0.3, -0.25) is 4.79 Å². The van der Waals surface area contributed by atoms with Crippen LogP contribution in [0.1, 0.15) is 40.2 Å². The summed E-state index contributed by atoms with van der Waals surface area (Å²) >= 11 is 0.